The first-order chi connectivity index (χ1) is 11.6. The molecule has 0 saturated heterocycles. The maximum Gasteiger partial charge on any atom is 0.227 e. The first kappa shape index (κ1) is 16.0. The van der Waals surface area contributed by atoms with E-state index in [0.29, 0.717) is 18.8 Å². The molecule has 6 heteroatoms. The molecule has 3 aromatic heterocycles. The Hall–Kier alpha value is -2.89. The highest BCUT2D eigenvalue weighted by atomic mass is 16.5. The molecule has 0 bridgehead atoms. The summed E-state index contributed by atoms with van der Waals surface area (Å²) in [6.45, 7) is 4.54. The number of furan rings is 1. The van der Waals surface area contributed by atoms with Gasteiger partial charge in [0.05, 0.1) is 24.9 Å². The molecule has 0 aliphatic heterocycles. The van der Waals surface area contributed by atoms with Gasteiger partial charge in [0, 0.05) is 24.5 Å². The van der Waals surface area contributed by atoms with Crippen molar-refractivity contribution in [3.63, 3.8) is 0 Å². The van der Waals surface area contributed by atoms with Crippen molar-refractivity contribution in [3.8, 4) is 0 Å². The summed E-state index contributed by atoms with van der Waals surface area (Å²) in [6.07, 6.45) is 5.34. The zero-order valence-corrected chi connectivity index (χ0v) is 13.7. The van der Waals surface area contributed by atoms with Crippen LogP contribution in [0.4, 0.5) is 0 Å². The van der Waals surface area contributed by atoms with Crippen molar-refractivity contribution in [1.29, 1.82) is 0 Å². The third kappa shape index (κ3) is 3.71. The number of carbonyl (C=O) groups is 1. The van der Waals surface area contributed by atoms with Crippen LogP contribution in [0, 0.1) is 13.8 Å². The Morgan fingerprint density at radius 3 is 2.71 bits per heavy atom. The van der Waals surface area contributed by atoms with Gasteiger partial charge in [-0.25, -0.2) is 0 Å². The van der Waals surface area contributed by atoms with Crippen LogP contribution >= 0.6 is 0 Å². The van der Waals surface area contributed by atoms with Crippen molar-refractivity contribution in [1.82, 2.24) is 15.0 Å². The standard InChI is InChI=1S/C18H19N3O3/c1-13-17(14(2)24-20-13)9-18(22)21(12-16-6-4-8-23-16)11-15-5-3-7-19-10-15/h3-8,10H,9,11-12H2,1-2H3. The van der Waals surface area contributed by atoms with Crippen LogP contribution in [0.1, 0.15) is 28.3 Å². The number of hydrogen-bond donors (Lipinski definition) is 0. The predicted molar refractivity (Wildman–Crippen MR) is 86.9 cm³/mol. The van der Waals surface area contributed by atoms with Crippen molar-refractivity contribution in [2.24, 2.45) is 0 Å². The van der Waals surface area contributed by atoms with Crippen LogP contribution in [0.2, 0.25) is 0 Å². The molecular weight excluding hydrogens is 306 g/mol. The second kappa shape index (κ2) is 7.12. The molecule has 0 aliphatic carbocycles. The minimum Gasteiger partial charge on any atom is -0.467 e. The van der Waals surface area contributed by atoms with Gasteiger partial charge in [-0.2, -0.15) is 0 Å². The lowest BCUT2D eigenvalue weighted by molar-refractivity contribution is -0.132. The molecule has 24 heavy (non-hydrogen) atoms. The lowest BCUT2D eigenvalue weighted by atomic mass is 10.1. The third-order valence-corrected chi connectivity index (χ3v) is 3.88. The Labute approximate surface area is 140 Å². The molecule has 0 aromatic carbocycles. The van der Waals surface area contributed by atoms with Crippen molar-refractivity contribution in [2.45, 2.75) is 33.4 Å². The Balaban J connectivity index is 1.79. The molecule has 0 N–H and O–H groups in total. The van der Waals surface area contributed by atoms with Crippen LogP contribution in [-0.4, -0.2) is 20.9 Å². The van der Waals surface area contributed by atoms with E-state index < -0.39 is 0 Å². The summed E-state index contributed by atoms with van der Waals surface area (Å²) < 4.78 is 10.5. The number of aryl methyl sites for hydroxylation is 2. The molecule has 1 amide bonds. The van der Waals surface area contributed by atoms with E-state index in [2.05, 4.69) is 10.1 Å². The van der Waals surface area contributed by atoms with E-state index in [1.807, 2.05) is 38.1 Å². The van der Waals surface area contributed by atoms with Crippen molar-refractivity contribution < 1.29 is 13.7 Å². The van der Waals surface area contributed by atoms with Gasteiger partial charge >= 0.3 is 0 Å². The maximum atomic E-state index is 12.8. The second-order valence-corrected chi connectivity index (χ2v) is 5.67. The normalized spacial score (nSPS) is 10.8. The molecule has 6 nitrogen and oxygen atoms in total. The van der Waals surface area contributed by atoms with E-state index in [0.717, 1.165) is 22.6 Å². The molecule has 0 spiro atoms. The fraction of sp³-hybridized carbons (Fsp3) is 0.278. The van der Waals surface area contributed by atoms with Crippen molar-refractivity contribution >= 4 is 5.91 Å². The molecule has 0 unspecified atom stereocenters. The van der Waals surface area contributed by atoms with E-state index in [9.17, 15) is 4.79 Å². The Kier molecular flexibility index (Phi) is 4.74. The summed E-state index contributed by atoms with van der Waals surface area (Å²) in [6, 6.07) is 7.49. The summed E-state index contributed by atoms with van der Waals surface area (Å²) in [4.78, 5) is 18.7. The van der Waals surface area contributed by atoms with Gasteiger partial charge in [0.1, 0.15) is 11.5 Å². The van der Waals surface area contributed by atoms with Gasteiger partial charge in [-0.3, -0.25) is 9.78 Å². The molecule has 3 rings (SSSR count). The SMILES string of the molecule is Cc1noc(C)c1CC(=O)N(Cc1cccnc1)Cc1ccco1. The number of hydrogen-bond acceptors (Lipinski definition) is 5. The largest absolute Gasteiger partial charge is 0.467 e. The molecule has 0 saturated carbocycles. The highest BCUT2D eigenvalue weighted by Crippen LogP contribution is 2.17. The third-order valence-electron chi connectivity index (χ3n) is 3.88. The number of carbonyl (C=O) groups excluding carboxylic acids is 1. The van der Waals surface area contributed by atoms with E-state index in [1.54, 1.807) is 23.6 Å². The lowest BCUT2D eigenvalue weighted by Gasteiger charge is -2.21. The molecule has 0 aliphatic rings. The fourth-order valence-corrected chi connectivity index (χ4v) is 2.55. The lowest BCUT2D eigenvalue weighted by Crippen LogP contribution is -2.31. The van der Waals surface area contributed by atoms with Gasteiger partial charge in [-0.05, 0) is 37.6 Å². The summed E-state index contributed by atoms with van der Waals surface area (Å²) in [5.41, 5.74) is 2.56. The van der Waals surface area contributed by atoms with Gasteiger partial charge in [0.2, 0.25) is 5.91 Å². The average molecular weight is 325 g/mol. The van der Waals surface area contributed by atoms with Gasteiger partial charge in [0.15, 0.2) is 0 Å². The highest BCUT2D eigenvalue weighted by molar-refractivity contribution is 5.79. The van der Waals surface area contributed by atoms with Crippen molar-refractivity contribution in [3.05, 3.63) is 71.3 Å². The molecule has 0 fully saturated rings. The van der Waals surface area contributed by atoms with Crippen LogP contribution in [0.5, 0.6) is 0 Å². The van der Waals surface area contributed by atoms with Crippen LogP contribution in [0.15, 0.2) is 51.9 Å². The number of aromatic nitrogens is 2. The molecule has 0 radical (unpaired) electrons. The van der Waals surface area contributed by atoms with Crippen LogP contribution in [0.25, 0.3) is 0 Å². The van der Waals surface area contributed by atoms with Crippen molar-refractivity contribution in [2.75, 3.05) is 0 Å². The first-order valence-corrected chi connectivity index (χ1v) is 7.74. The van der Waals surface area contributed by atoms with Gasteiger partial charge in [-0.1, -0.05) is 11.2 Å². The van der Waals surface area contributed by atoms with E-state index in [4.69, 9.17) is 8.94 Å². The predicted octanol–water partition coefficient (Wildman–Crippen LogP) is 3.05. The minimum absolute atomic E-state index is 0.00958. The number of amides is 1. The first-order valence-electron chi connectivity index (χ1n) is 7.74. The Morgan fingerprint density at radius 2 is 2.08 bits per heavy atom. The zero-order valence-electron chi connectivity index (χ0n) is 13.7. The van der Waals surface area contributed by atoms with Gasteiger partial charge in [-0.15, -0.1) is 0 Å². The van der Waals surface area contributed by atoms with Crippen LogP contribution in [-0.2, 0) is 24.3 Å². The minimum atomic E-state index is -0.00958. The average Bonchev–Trinajstić information content (AvgIpc) is 3.20. The zero-order chi connectivity index (χ0) is 16.9. The molecule has 124 valence electrons. The smallest absolute Gasteiger partial charge is 0.227 e. The molecule has 3 heterocycles. The monoisotopic (exact) mass is 325 g/mol. The number of rotatable bonds is 6. The summed E-state index contributed by atoms with van der Waals surface area (Å²) >= 11 is 0. The molecule has 0 atom stereocenters. The Morgan fingerprint density at radius 1 is 1.21 bits per heavy atom. The van der Waals surface area contributed by atoms with Gasteiger partial charge in [0.25, 0.3) is 0 Å². The fourth-order valence-electron chi connectivity index (χ4n) is 2.55. The molecular formula is C18H19N3O3. The van der Waals surface area contributed by atoms with Gasteiger partial charge < -0.3 is 13.8 Å². The summed E-state index contributed by atoms with van der Waals surface area (Å²) in [5, 5.41) is 3.91. The summed E-state index contributed by atoms with van der Waals surface area (Å²) in [5.74, 6) is 1.41. The maximum absolute atomic E-state index is 12.8. The number of pyridine rings is 1. The quantitative estimate of drug-likeness (QED) is 0.696. The summed E-state index contributed by atoms with van der Waals surface area (Å²) in [7, 11) is 0. The van der Waals surface area contributed by atoms with Crippen LogP contribution < -0.4 is 0 Å². The molecule has 3 aromatic rings. The highest BCUT2D eigenvalue weighted by Gasteiger charge is 2.20. The Bertz CT molecular complexity index is 775. The topological polar surface area (TPSA) is 72.4 Å². The van der Waals surface area contributed by atoms with E-state index >= 15 is 0 Å². The van der Waals surface area contributed by atoms with E-state index in [1.165, 1.54) is 0 Å². The second-order valence-electron chi connectivity index (χ2n) is 5.67. The number of nitrogens with zero attached hydrogens (tertiary/aromatic N) is 3. The van der Waals surface area contributed by atoms with Crippen LogP contribution in [0.3, 0.4) is 0 Å². The van der Waals surface area contributed by atoms with E-state index in [-0.39, 0.29) is 12.3 Å².